The summed E-state index contributed by atoms with van der Waals surface area (Å²) in [6.45, 7) is 2.72. The van der Waals surface area contributed by atoms with Crippen LogP contribution >= 0.6 is 0 Å². The van der Waals surface area contributed by atoms with Crippen molar-refractivity contribution in [2.45, 2.75) is 12.2 Å². The number of ether oxygens (including phenoxy) is 4. The Morgan fingerprint density at radius 1 is 0.529 bits per heavy atom. The Morgan fingerprint density at radius 2 is 0.941 bits per heavy atom. The molecular weight excluding hydrogens is 424 g/mol. The Balaban J connectivity index is 1.38. The molecule has 2 aliphatic rings. The fourth-order valence-corrected chi connectivity index (χ4v) is 4.05. The summed E-state index contributed by atoms with van der Waals surface area (Å²) < 4.78 is 22.9. The summed E-state index contributed by atoms with van der Waals surface area (Å²) in [5.74, 6) is 1.75. The molecule has 0 spiro atoms. The molecular formula is C30H26O4. The molecule has 0 bridgehead atoms. The average Bonchev–Trinajstić information content (AvgIpc) is 3.83. The number of hydrogen-bond donors (Lipinski definition) is 0. The lowest BCUT2D eigenvalue weighted by atomic mass is 9.95. The first kappa shape index (κ1) is 21.0. The van der Waals surface area contributed by atoms with Gasteiger partial charge in [0.15, 0.2) is 0 Å². The predicted octanol–water partition coefficient (Wildman–Crippen LogP) is 6.24. The van der Waals surface area contributed by atoms with Crippen molar-refractivity contribution in [2.75, 3.05) is 26.4 Å². The number of benzene rings is 4. The van der Waals surface area contributed by atoms with Gasteiger partial charge in [0, 0.05) is 11.1 Å². The van der Waals surface area contributed by atoms with Gasteiger partial charge < -0.3 is 18.9 Å². The molecule has 170 valence electrons. The van der Waals surface area contributed by atoms with Crippen LogP contribution in [0.3, 0.4) is 0 Å². The summed E-state index contributed by atoms with van der Waals surface area (Å²) in [5, 5.41) is 0. The molecule has 4 nitrogen and oxygen atoms in total. The molecule has 0 amide bonds. The minimum atomic E-state index is 0.213. The SMILES string of the molecule is c1ccc(-c2cc(-c3ccc(OCC4CO4)c(-c4ccccc4)c3)ccc2OCC2CO2)cc1. The van der Waals surface area contributed by atoms with Crippen molar-refractivity contribution in [3.63, 3.8) is 0 Å². The summed E-state index contributed by atoms with van der Waals surface area (Å²) >= 11 is 0. The Morgan fingerprint density at radius 3 is 1.32 bits per heavy atom. The van der Waals surface area contributed by atoms with Crippen LogP contribution in [0.25, 0.3) is 33.4 Å². The quantitative estimate of drug-likeness (QED) is 0.283. The molecule has 0 aliphatic carbocycles. The smallest absolute Gasteiger partial charge is 0.127 e. The van der Waals surface area contributed by atoms with Gasteiger partial charge in [-0.3, -0.25) is 0 Å². The van der Waals surface area contributed by atoms with Crippen molar-refractivity contribution in [1.29, 1.82) is 0 Å². The van der Waals surface area contributed by atoms with Crippen molar-refractivity contribution in [2.24, 2.45) is 0 Å². The Hall–Kier alpha value is -3.60. The Labute approximate surface area is 199 Å². The minimum Gasteiger partial charge on any atom is -0.490 e. The van der Waals surface area contributed by atoms with E-state index in [-0.39, 0.29) is 12.2 Å². The van der Waals surface area contributed by atoms with E-state index in [2.05, 4.69) is 84.9 Å². The van der Waals surface area contributed by atoms with Gasteiger partial charge in [0.2, 0.25) is 0 Å². The van der Waals surface area contributed by atoms with E-state index in [9.17, 15) is 0 Å². The predicted molar refractivity (Wildman–Crippen MR) is 133 cm³/mol. The van der Waals surface area contributed by atoms with Gasteiger partial charge in [0.25, 0.3) is 0 Å². The van der Waals surface area contributed by atoms with Crippen LogP contribution in [0.5, 0.6) is 11.5 Å². The lowest BCUT2D eigenvalue weighted by Gasteiger charge is -2.16. The Bertz CT molecular complexity index is 1160. The van der Waals surface area contributed by atoms with Crippen LogP contribution in [-0.2, 0) is 9.47 Å². The lowest BCUT2D eigenvalue weighted by Crippen LogP contribution is -2.05. The molecule has 2 fully saturated rings. The van der Waals surface area contributed by atoms with Crippen LogP contribution in [0.2, 0.25) is 0 Å². The van der Waals surface area contributed by atoms with Crippen LogP contribution in [-0.4, -0.2) is 38.6 Å². The third-order valence-corrected chi connectivity index (χ3v) is 6.12. The first-order valence-electron chi connectivity index (χ1n) is 11.7. The fraction of sp³-hybridized carbons (Fsp3) is 0.200. The molecule has 4 heteroatoms. The van der Waals surface area contributed by atoms with Crippen molar-refractivity contribution in [1.82, 2.24) is 0 Å². The summed E-state index contributed by atoms with van der Waals surface area (Å²) in [4.78, 5) is 0. The molecule has 6 rings (SSSR count). The fourth-order valence-electron chi connectivity index (χ4n) is 4.05. The molecule has 0 aromatic heterocycles. The van der Waals surface area contributed by atoms with E-state index in [0.29, 0.717) is 13.2 Å². The number of epoxide rings is 2. The molecule has 2 saturated heterocycles. The second-order valence-corrected chi connectivity index (χ2v) is 8.69. The van der Waals surface area contributed by atoms with Crippen LogP contribution in [0.4, 0.5) is 0 Å². The van der Waals surface area contributed by atoms with Crippen molar-refractivity contribution >= 4 is 0 Å². The third-order valence-electron chi connectivity index (χ3n) is 6.12. The van der Waals surface area contributed by atoms with E-state index >= 15 is 0 Å². The standard InChI is InChI=1S/C30H26O4/c1-3-7-21(8-4-1)27-15-23(11-13-29(27)33-19-25-17-31-25)24-12-14-30(34-20-26-18-32-26)28(16-24)22-9-5-2-6-10-22/h1-16,25-26H,17-20H2. The van der Waals surface area contributed by atoms with Gasteiger partial charge in [0.1, 0.15) is 36.9 Å². The second kappa shape index (κ2) is 9.34. The highest BCUT2D eigenvalue weighted by atomic mass is 16.6. The van der Waals surface area contributed by atoms with Crippen molar-refractivity contribution < 1.29 is 18.9 Å². The monoisotopic (exact) mass is 450 g/mol. The molecule has 2 heterocycles. The highest BCUT2D eigenvalue weighted by Gasteiger charge is 2.25. The van der Waals surface area contributed by atoms with E-state index in [1.165, 1.54) is 0 Å². The van der Waals surface area contributed by atoms with Crippen molar-refractivity contribution in [3.05, 3.63) is 97.1 Å². The summed E-state index contributed by atoms with van der Waals surface area (Å²) in [7, 11) is 0. The molecule has 0 radical (unpaired) electrons. The highest BCUT2D eigenvalue weighted by molar-refractivity contribution is 5.81. The van der Waals surface area contributed by atoms with Gasteiger partial charge in [0.05, 0.1) is 13.2 Å². The maximum Gasteiger partial charge on any atom is 0.127 e. The molecule has 2 atom stereocenters. The summed E-state index contributed by atoms with van der Waals surface area (Å²) in [6, 6.07) is 33.5. The summed E-state index contributed by atoms with van der Waals surface area (Å²) in [5.41, 5.74) is 6.66. The van der Waals surface area contributed by atoms with Gasteiger partial charge >= 0.3 is 0 Å². The highest BCUT2D eigenvalue weighted by Crippen LogP contribution is 2.38. The molecule has 2 aliphatic heterocycles. The van der Waals surface area contributed by atoms with E-state index in [4.69, 9.17) is 18.9 Å². The molecule has 0 saturated carbocycles. The molecule has 0 N–H and O–H groups in total. The maximum atomic E-state index is 6.12. The Kier molecular flexibility index (Phi) is 5.76. The first-order chi connectivity index (χ1) is 16.8. The van der Waals surface area contributed by atoms with Gasteiger partial charge in [-0.05, 0) is 46.5 Å². The lowest BCUT2D eigenvalue weighted by molar-refractivity contribution is 0.264. The molecule has 4 aromatic rings. The van der Waals surface area contributed by atoms with Crippen molar-refractivity contribution in [3.8, 4) is 44.9 Å². The van der Waals surface area contributed by atoms with E-state index in [0.717, 1.165) is 58.1 Å². The van der Waals surface area contributed by atoms with Gasteiger partial charge in [-0.2, -0.15) is 0 Å². The van der Waals surface area contributed by atoms with Gasteiger partial charge in [-0.15, -0.1) is 0 Å². The molecule has 4 aromatic carbocycles. The number of hydrogen-bond acceptors (Lipinski definition) is 4. The minimum absolute atomic E-state index is 0.213. The maximum absolute atomic E-state index is 6.12. The average molecular weight is 451 g/mol. The third kappa shape index (κ3) is 4.84. The van der Waals surface area contributed by atoms with E-state index < -0.39 is 0 Å². The van der Waals surface area contributed by atoms with Crippen LogP contribution in [0, 0.1) is 0 Å². The molecule has 34 heavy (non-hydrogen) atoms. The van der Waals surface area contributed by atoms with Crippen LogP contribution in [0.1, 0.15) is 0 Å². The molecule has 2 unspecified atom stereocenters. The van der Waals surface area contributed by atoms with Gasteiger partial charge in [-0.25, -0.2) is 0 Å². The van der Waals surface area contributed by atoms with E-state index in [1.807, 2.05) is 12.1 Å². The van der Waals surface area contributed by atoms with Crippen LogP contribution in [0.15, 0.2) is 97.1 Å². The normalized spacial score (nSPS) is 18.4. The second-order valence-electron chi connectivity index (χ2n) is 8.69. The zero-order valence-electron chi connectivity index (χ0n) is 18.9. The zero-order valence-corrected chi connectivity index (χ0v) is 18.9. The van der Waals surface area contributed by atoms with Gasteiger partial charge in [-0.1, -0.05) is 72.8 Å². The first-order valence-corrected chi connectivity index (χ1v) is 11.7. The largest absolute Gasteiger partial charge is 0.490 e. The van der Waals surface area contributed by atoms with Crippen LogP contribution < -0.4 is 9.47 Å². The van der Waals surface area contributed by atoms with E-state index in [1.54, 1.807) is 0 Å². The number of rotatable bonds is 9. The zero-order chi connectivity index (χ0) is 22.7. The topological polar surface area (TPSA) is 43.5 Å². The summed E-state index contributed by atoms with van der Waals surface area (Å²) in [6.07, 6.45) is 0.427.